The van der Waals surface area contributed by atoms with Crippen LogP contribution in [0, 0.1) is 12.8 Å². The first-order valence-corrected chi connectivity index (χ1v) is 9.79. The SMILES string of the molecule is Cc1ccc(N2C(=O)C3ON(c4ccccc4)C(c4ccc(O)cc4)C3C2=O)cc1. The average Bonchev–Trinajstić information content (AvgIpc) is 3.27. The van der Waals surface area contributed by atoms with E-state index in [1.54, 1.807) is 41.5 Å². The van der Waals surface area contributed by atoms with Gasteiger partial charge in [-0.05, 0) is 48.9 Å². The Labute approximate surface area is 173 Å². The molecule has 30 heavy (non-hydrogen) atoms. The lowest BCUT2D eigenvalue weighted by Crippen LogP contribution is -2.37. The lowest BCUT2D eigenvalue weighted by Gasteiger charge is -2.28. The standard InChI is InChI=1S/C24H20N2O4/c1-15-7-11-17(12-8-15)25-23(28)20-21(16-9-13-19(27)14-10-16)26(30-22(20)24(25)29)18-5-3-2-4-6-18/h2-14,20-22,27H,1H3. The van der Waals surface area contributed by atoms with Gasteiger partial charge >= 0.3 is 0 Å². The summed E-state index contributed by atoms with van der Waals surface area (Å²) in [5.41, 5.74) is 3.14. The van der Waals surface area contributed by atoms with E-state index in [0.717, 1.165) is 16.8 Å². The molecule has 3 aromatic rings. The van der Waals surface area contributed by atoms with Crippen molar-refractivity contribution in [2.45, 2.75) is 19.1 Å². The molecule has 6 nitrogen and oxygen atoms in total. The van der Waals surface area contributed by atoms with Crippen molar-refractivity contribution in [2.75, 3.05) is 9.96 Å². The zero-order valence-corrected chi connectivity index (χ0v) is 16.3. The average molecular weight is 400 g/mol. The number of para-hydroxylation sites is 1. The van der Waals surface area contributed by atoms with E-state index in [2.05, 4.69) is 0 Å². The molecular formula is C24H20N2O4. The second kappa shape index (κ2) is 7.00. The third-order valence-electron chi connectivity index (χ3n) is 5.65. The van der Waals surface area contributed by atoms with Crippen molar-refractivity contribution >= 4 is 23.2 Å². The first-order valence-electron chi connectivity index (χ1n) is 9.79. The van der Waals surface area contributed by atoms with Crippen molar-refractivity contribution in [3.8, 4) is 5.75 Å². The molecule has 0 saturated carbocycles. The normalized spacial score (nSPS) is 23.2. The van der Waals surface area contributed by atoms with Gasteiger partial charge < -0.3 is 5.11 Å². The van der Waals surface area contributed by atoms with Gasteiger partial charge in [-0.2, -0.15) is 0 Å². The van der Waals surface area contributed by atoms with Crippen LogP contribution in [0.1, 0.15) is 17.2 Å². The molecule has 3 atom stereocenters. The van der Waals surface area contributed by atoms with E-state index in [4.69, 9.17) is 4.84 Å². The number of carbonyl (C=O) groups is 2. The molecule has 2 fully saturated rings. The highest BCUT2D eigenvalue weighted by Gasteiger charge is 2.60. The van der Waals surface area contributed by atoms with Crippen LogP contribution < -0.4 is 9.96 Å². The highest BCUT2D eigenvalue weighted by molar-refractivity contribution is 6.23. The summed E-state index contributed by atoms with van der Waals surface area (Å²) in [5, 5.41) is 11.3. The van der Waals surface area contributed by atoms with Crippen LogP contribution in [0.15, 0.2) is 78.9 Å². The molecule has 2 saturated heterocycles. The second-order valence-corrected chi connectivity index (χ2v) is 7.60. The second-order valence-electron chi connectivity index (χ2n) is 7.60. The van der Waals surface area contributed by atoms with E-state index in [1.807, 2.05) is 49.4 Å². The highest BCUT2D eigenvalue weighted by Crippen LogP contribution is 2.47. The number of phenolic OH excluding ortho intramolecular Hbond substituents is 1. The van der Waals surface area contributed by atoms with Gasteiger partial charge in [-0.3, -0.25) is 14.4 Å². The summed E-state index contributed by atoms with van der Waals surface area (Å²) in [4.78, 5) is 34.0. The summed E-state index contributed by atoms with van der Waals surface area (Å²) >= 11 is 0. The topological polar surface area (TPSA) is 70.1 Å². The van der Waals surface area contributed by atoms with Gasteiger partial charge in [0.25, 0.3) is 5.91 Å². The molecule has 0 aliphatic carbocycles. The summed E-state index contributed by atoms with van der Waals surface area (Å²) in [7, 11) is 0. The molecule has 6 heteroatoms. The van der Waals surface area contributed by atoms with Gasteiger partial charge in [-0.25, -0.2) is 9.96 Å². The lowest BCUT2D eigenvalue weighted by atomic mass is 9.90. The first-order chi connectivity index (χ1) is 14.5. The lowest BCUT2D eigenvalue weighted by molar-refractivity contribution is -0.126. The van der Waals surface area contributed by atoms with E-state index in [1.165, 1.54) is 4.90 Å². The van der Waals surface area contributed by atoms with Crippen LogP contribution in [0.3, 0.4) is 0 Å². The number of aromatic hydroxyl groups is 1. The van der Waals surface area contributed by atoms with Gasteiger partial charge in [0.2, 0.25) is 5.91 Å². The summed E-state index contributed by atoms with van der Waals surface area (Å²) in [6, 6.07) is 22.9. The fourth-order valence-electron chi connectivity index (χ4n) is 4.17. The number of carbonyl (C=O) groups excluding carboxylic acids is 2. The number of fused-ring (bicyclic) bond motifs is 1. The van der Waals surface area contributed by atoms with Gasteiger partial charge in [0.15, 0.2) is 6.10 Å². The molecule has 0 bridgehead atoms. The van der Waals surface area contributed by atoms with E-state index in [9.17, 15) is 14.7 Å². The third-order valence-corrected chi connectivity index (χ3v) is 5.65. The molecule has 2 amide bonds. The van der Waals surface area contributed by atoms with Crippen LogP contribution in [0.4, 0.5) is 11.4 Å². The zero-order chi connectivity index (χ0) is 20.8. The molecular weight excluding hydrogens is 380 g/mol. The van der Waals surface area contributed by atoms with E-state index < -0.39 is 18.1 Å². The fraction of sp³-hybridized carbons (Fsp3) is 0.167. The number of amides is 2. The zero-order valence-electron chi connectivity index (χ0n) is 16.3. The van der Waals surface area contributed by atoms with Gasteiger partial charge in [0.1, 0.15) is 11.7 Å². The molecule has 2 aliphatic heterocycles. The maximum absolute atomic E-state index is 13.5. The molecule has 2 aliphatic rings. The third kappa shape index (κ3) is 2.84. The van der Waals surface area contributed by atoms with Crippen LogP contribution in [0.25, 0.3) is 0 Å². The molecule has 3 aromatic carbocycles. The van der Waals surface area contributed by atoms with E-state index in [0.29, 0.717) is 5.69 Å². The number of rotatable bonds is 3. The monoisotopic (exact) mass is 400 g/mol. The Morgan fingerprint density at radius 1 is 0.800 bits per heavy atom. The van der Waals surface area contributed by atoms with Crippen molar-refractivity contribution in [1.29, 1.82) is 0 Å². The molecule has 5 rings (SSSR count). The number of benzene rings is 3. The van der Waals surface area contributed by atoms with Crippen LogP contribution in [0.5, 0.6) is 5.75 Å². The molecule has 2 heterocycles. The van der Waals surface area contributed by atoms with Crippen LogP contribution in [-0.2, 0) is 14.4 Å². The van der Waals surface area contributed by atoms with Crippen molar-refractivity contribution in [3.05, 3.63) is 90.0 Å². The first kappa shape index (κ1) is 18.4. The number of anilines is 2. The molecule has 1 N–H and O–H groups in total. The van der Waals surface area contributed by atoms with Gasteiger partial charge in [0, 0.05) is 0 Å². The number of hydroxylamine groups is 1. The van der Waals surface area contributed by atoms with Crippen LogP contribution in [-0.4, -0.2) is 23.0 Å². The van der Waals surface area contributed by atoms with Crippen molar-refractivity contribution < 1.29 is 19.5 Å². The Bertz CT molecular complexity index is 1100. The number of nitrogens with zero attached hydrogens (tertiary/aromatic N) is 2. The van der Waals surface area contributed by atoms with E-state index in [-0.39, 0.29) is 17.6 Å². The van der Waals surface area contributed by atoms with Gasteiger partial charge in [-0.1, -0.05) is 48.0 Å². The number of imide groups is 1. The van der Waals surface area contributed by atoms with E-state index >= 15 is 0 Å². The predicted molar refractivity (Wildman–Crippen MR) is 112 cm³/mol. The summed E-state index contributed by atoms with van der Waals surface area (Å²) < 4.78 is 0. The van der Waals surface area contributed by atoms with Crippen molar-refractivity contribution in [2.24, 2.45) is 5.92 Å². The maximum Gasteiger partial charge on any atom is 0.266 e. The van der Waals surface area contributed by atoms with Crippen molar-refractivity contribution in [1.82, 2.24) is 0 Å². The van der Waals surface area contributed by atoms with Crippen LogP contribution in [0.2, 0.25) is 0 Å². The summed E-state index contributed by atoms with van der Waals surface area (Å²) in [5.74, 6) is -1.21. The minimum absolute atomic E-state index is 0.135. The Balaban J connectivity index is 1.58. The number of phenols is 1. The largest absolute Gasteiger partial charge is 0.508 e. The summed E-state index contributed by atoms with van der Waals surface area (Å²) in [6.45, 7) is 1.95. The smallest absolute Gasteiger partial charge is 0.266 e. The molecule has 0 radical (unpaired) electrons. The molecule has 3 unspecified atom stereocenters. The fourth-order valence-corrected chi connectivity index (χ4v) is 4.17. The minimum Gasteiger partial charge on any atom is -0.508 e. The Kier molecular flexibility index (Phi) is 4.29. The minimum atomic E-state index is -0.905. The summed E-state index contributed by atoms with van der Waals surface area (Å²) in [6.07, 6.45) is -0.905. The predicted octanol–water partition coefficient (Wildman–Crippen LogP) is 3.75. The molecule has 0 spiro atoms. The quantitative estimate of drug-likeness (QED) is 0.678. The number of hydrogen-bond acceptors (Lipinski definition) is 5. The molecule has 150 valence electrons. The van der Waals surface area contributed by atoms with Crippen LogP contribution >= 0.6 is 0 Å². The number of aryl methyl sites for hydroxylation is 1. The van der Waals surface area contributed by atoms with Gasteiger partial charge in [0.05, 0.1) is 17.4 Å². The maximum atomic E-state index is 13.5. The van der Waals surface area contributed by atoms with Gasteiger partial charge in [-0.15, -0.1) is 0 Å². The Morgan fingerprint density at radius 3 is 2.13 bits per heavy atom. The highest BCUT2D eigenvalue weighted by atomic mass is 16.7. The Hall–Kier alpha value is -3.64. The van der Waals surface area contributed by atoms with Crippen molar-refractivity contribution in [3.63, 3.8) is 0 Å². The Morgan fingerprint density at radius 2 is 1.47 bits per heavy atom. The molecule has 0 aromatic heterocycles. The number of hydrogen-bond donors (Lipinski definition) is 1.